The average molecular weight is 364 g/mol. The summed E-state index contributed by atoms with van der Waals surface area (Å²) in [6, 6.07) is 5.70. The van der Waals surface area contributed by atoms with Crippen LogP contribution in [-0.4, -0.2) is 15.5 Å². The molecular weight excluding hydrogens is 344 g/mol. The van der Waals surface area contributed by atoms with E-state index in [0.29, 0.717) is 11.1 Å². The molecule has 1 N–H and O–H groups in total. The molecule has 0 aliphatic heterocycles. The summed E-state index contributed by atoms with van der Waals surface area (Å²) in [5.41, 5.74) is 2.57. The highest BCUT2D eigenvalue weighted by atomic mass is 16.3. The molecule has 0 saturated carbocycles. The van der Waals surface area contributed by atoms with E-state index in [0.717, 1.165) is 21.1 Å². The number of benzene rings is 1. The molecule has 0 amide bonds. The zero-order valence-electron chi connectivity index (χ0n) is 15.9. The van der Waals surface area contributed by atoms with Crippen LogP contribution in [0.25, 0.3) is 11.0 Å². The van der Waals surface area contributed by atoms with Crippen molar-refractivity contribution >= 4 is 16.8 Å². The van der Waals surface area contributed by atoms with Crippen LogP contribution in [0.5, 0.6) is 5.88 Å². The second-order valence-corrected chi connectivity index (χ2v) is 6.70. The van der Waals surface area contributed by atoms with Gasteiger partial charge in [0.15, 0.2) is 5.76 Å². The normalized spacial score (nSPS) is 11.0. The Kier molecular flexibility index (Phi) is 4.40. The van der Waals surface area contributed by atoms with E-state index >= 15 is 0 Å². The summed E-state index contributed by atoms with van der Waals surface area (Å²) < 4.78 is 6.85. The highest BCUT2D eigenvalue weighted by molar-refractivity contribution is 6.13. The number of aromatic nitrogens is 1. The van der Waals surface area contributed by atoms with Gasteiger partial charge in [0.25, 0.3) is 5.56 Å². The van der Waals surface area contributed by atoms with E-state index in [1.807, 2.05) is 32.0 Å². The molecule has 0 unspecified atom stereocenters. The number of furan rings is 1. The lowest BCUT2D eigenvalue weighted by Gasteiger charge is -2.13. The van der Waals surface area contributed by atoms with Crippen molar-refractivity contribution in [3.05, 3.63) is 61.6 Å². The molecule has 3 rings (SSSR count). The maximum Gasteiger partial charge on any atom is 0.271 e. The molecule has 0 bridgehead atoms. The van der Waals surface area contributed by atoms with Crippen LogP contribution in [0.4, 0.5) is 0 Å². The number of pyridine rings is 1. The van der Waals surface area contributed by atoms with Crippen molar-refractivity contribution in [2.75, 3.05) is 0 Å². The quantitative estimate of drug-likeness (QED) is 0.716. The van der Waals surface area contributed by atoms with Gasteiger partial charge < -0.3 is 9.52 Å². The number of aromatic hydroxyl groups is 1. The van der Waals surface area contributed by atoms with Gasteiger partial charge in [-0.3, -0.25) is 14.2 Å². The van der Waals surface area contributed by atoms with Crippen LogP contribution in [0.2, 0.25) is 0 Å². The maximum absolute atomic E-state index is 13.2. The van der Waals surface area contributed by atoms with Gasteiger partial charge in [-0.2, -0.15) is 5.26 Å². The van der Waals surface area contributed by atoms with Gasteiger partial charge in [-0.15, -0.1) is 0 Å². The third-order valence-corrected chi connectivity index (χ3v) is 4.92. The Morgan fingerprint density at radius 3 is 2.48 bits per heavy atom. The fourth-order valence-corrected chi connectivity index (χ4v) is 3.64. The summed E-state index contributed by atoms with van der Waals surface area (Å²) in [4.78, 5) is 25.6. The van der Waals surface area contributed by atoms with Crippen LogP contribution in [0.15, 0.2) is 21.3 Å². The zero-order valence-corrected chi connectivity index (χ0v) is 15.9. The lowest BCUT2D eigenvalue weighted by molar-refractivity contribution is 0.101. The largest absolute Gasteiger partial charge is 0.494 e. The lowest BCUT2D eigenvalue weighted by atomic mass is 9.97. The molecule has 0 spiro atoms. The van der Waals surface area contributed by atoms with Gasteiger partial charge in [-0.25, -0.2) is 0 Å². The van der Waals surface area contributed by atoms with Crippen molar-refractivity contribution < 1.29 is 14.3 Å². The highest BCUT2D eigenvalue weighted by Gasteiger charge is 2.28. The van der Waals surface area contributed by atoms with Crippen LogP contribution in [0, 0.1) is 39.0 Å². The molecule has 1 aromatic carbocycles. The Labute approximate surface area is 156 Å². The highest BCUT2D eigenvalue weighted by Crippen LogP contribution is 2.33. The number of nitriles is 1. The van der Waals surface area contributed by atoms with Crippen LogP contribution in [-0.2, 0) is 6.54 Å². The first-order valence-corrected chi connectivity index (χ1v) is 8.64. The average Bonchev–Trinajstić information content (AvgIpc) is 2.92. The van der Waals surface area contributed by atoms with Gasteiger partial charge in [0.1, 0.15) is 17.2 Å². The molecule has 0 saturated heterocycles. The number of hydrogen-bond donors (Lipinski definition) is 1. The molecule has 3 aromatic rings. The minimum Gasteiger partial charge on any atom is -0.494 e. The van der Waals surface area contributed by atoms with E-state index in [9.17, 15) is 20.0 Å². The third-order valence-electron chi connectivity index (χ3n) is 4.92. The van der Waals surface area contributed by atoms with Crippen molar-refractivity contribution in [3.8, 4) is 11.9 Å². The number of aryl methyl sites for hydroxylation is 3. The summed E-state index contributed by atoms with van der Waals surface area (Å²) >= 11 is 0. The van der Waals surface area contributed by atoms with Gasteiger partial charge in [-0.1, -0.05) is 6.07 Å². The maximum atomic E-state index is 13.2. The van der Waals surface area contributed by atoms with Crippen molar-refractivity contribution in [2.24, 2.45) is 0 Å². The fourth-order valence-electron chi connectivity index (χ4n) is 3.64. The Bertz CT molecular complexity index is 1210. The Hall–Kier alpha value is -3.33. The molecule has 0 fully saturated rings. The molecule has 0 atom stereocenters. The van der Waals surface area contributed by atoms with E-state index in [1.54, 1.807) is 13.8 Å². The Morgan fingerprint density at radius 1 is 1.22 bits per heavy atom. The summed E-state index contributed by atoms with van der Waals surface area (Å²) in [5, 5.41) is 20.8. The molecule has 0 aliphatic rings. The first-order chi connectivity index (χ1) is 12.7. The predicted octanol–water partition coefficient (Wildman–Crippen LogP) is 3.66. The summed E-state index contributed by atoms with van der Waals surface area (Å²) in [6.07, 6.45) is 0. The molecule has 0 aliphatic carbocycles. The Balaban J connectivity index is 2.34. The smallest absolute Gasteiger partial charge is 0.271 e. The predicted molar refractivity (Wildman–Crippen MR) is 101 cm³/mol. The van der Waals surface area contributed by atoms with E-state index in [-0.39, 0.29) is 29.0 Å². The first kappa shape index (κ1) is 18.5. The minimum atomic E-state index is -0.612. The van der Waals surface area contributed by atoms with E-state index < -0.39 is 17.2 Å². The SMILES string of the molecule is CCn1c(O)c(C(=O)c2oc3cc(C)cc(C)c3c2C)c(C)c(C#N)c1=O. The molecule has 2 heterocycles. The number of nitrogens with zero attached hydrogens (tertiary/aromatic N) is 2. The van der Waals surface area contributed by atoms with Gasteiger partial charge in [-0.05, 0) is 57.4 Å². The number of ketones is 1. The molecule has 138 valence electrons. The van der Waals surface area contributed by atoms with Gasteiger partial charge in [0.05, 0.1) is 5.56 Å². The van der Waals surface area contributed by atoms with Gasteiger partial charge >= 0.3 is 0 Å². The summed E-state index contributed by atoms with van der Waals surface area (Å²) in [7, 11) is 0. The summed E-state index contributed by atoms with van der Waals surface area (Å²) in [6.45, 7) is 8.95. The number of carbonyl (C=O) groups is 1. The van der Waals surface area contributed by atoms with Crippen molar-refractivity contribution in [3.63, 3.8) is 0 Å². The number of hydrogen-bond acceptors (Lipinski definition) is 5. The van der Waals surface area contributed by atoms with E-state index in [4.69, 9.17) is 4.42 Å². The number of fused-ring (bicyclic) bond motifs is 1. The molecule has 0 radical (unpaired) electrons. The van der Waals surface area contributed by atoms with E-state index in [1.165, 1.54) is 6.92 Å². The first-order valence-electron chi connectivity index (χ1n) is 8.64. The summed E-state index contributed by atoms with van der Waals surface area (Å²) in [5.74, 6) is -0.895. The van der Waals surface area contributed by atoms with Crippen LogP contribution in [0.1, 0.15) is 50.9 Å². The van der Waals surface area contributed by atoms with Crippen molar-refractivity contribution in [2.45, 2.75) is 41.2 Å². The Morgan fingerprint density at radius 2 is 1.89 bits per heavy atom. The van der Waals surface area contributed by atoms with Gasteiger partial charge in [0.2, 0.25) is 11.7 Å². The number of carbonyl (C=O) groups excluding carboxylic acids is 1. The molecular formula is C21H20N2O4. The van der Waals surface area contributed by atoms with Crippen LogP contribution in [0.3, 0.4) is 0 Å². The van der Waals surface area contributed by atoms with E-state index in [2.05, 4.69) is 0 Å². The fraction of sp³-hybridized carbons (Fsp3) is 0.286. The van der Waals surface area contributed by atoms with Crippen molar-refractivity contribution in [1.29, 1.82) is 5.26 Å². The third kappa shape index (κ3) is 2.63. The standard InChI is InChI=1S/C21H20N2O4/c1-6-23-20(25)14(9-22)12(4)17(21(23)26)18(24)19-13(5)16-11(3)7-10(2)8-15(16)27-19/h7-8,26H,6H2,1-5H3. The zero-order chi connectivity index (χ0) is 20.0. The number of rotatable bonds is 3. The minimum absolute atomic E-state index is 0.0791. The second kappa shape index (κ2) is 6.44. The lowest BCUT2D eigenvalue weighted by Crippen LogP contribution is -2.26. The van der Waals surface area contributed by atoms with Crippen LogP contribution < -0.4 is 5.56 Å². The molecule has 27 heavy (non-hydrogen) atoms. The molecule has 6 heteroatoms. The molecule has 2 aromatic heterocycles. The molecule has 6 nitrogen and oxygen atoms in total. The topological polar surface area (TPSA) is 96.2 Å². The van der Waals surface area contributed by atoms with Crippen LogP contribution >= 0.6 is 0 Å². The monoisotopic (exact) mass is 364 g/mol. The van der Waals surface area contributed by atoms with Gasteiger partial charge in [0, 0.05) is 17.5 Å². The second-order valence-electron chi connectivity index (χ2n) is 6.70. The van der Waals surface area contributed by atoms with Crippen molar-refractivity contribution in [1.82, 2.24) is 4.57 Å².